The van der Waals surface area contributed by atoms with E-state index in [4.69, 9.17) is 4.74 Å². The van der Waals surface area contributed by atoms with E-state index < -0.39 is 0 Å². The maximum absolute atomic E-state index is 11.6. The van der Waals surface area contributed by atoms with Crippen LogP contribution in [0.25, 0.3) is 0 Å². The van der Waals surface area contributed by atoms with Crippen molar-refractivity contribution in [3.8, 4) is 11.5 Å². The summed E-state index contributed by atoms with van der Waals surface area (Å²) in [5, 5.41) is 9.22. The van der Waals surface area contributed by atoms with Crippen LogP contribution in [0.5, 0.6) is 11.5 Å². The van der Waals surface area contributed by atoms with E-state index in [2.05, 4.69) is 6.58 Å². The second-order valence-corrected chi connectivity index (χ2v) is 3.20. The number of hydrogen-bond donors (Lipinski definition) is 1. The van der Waals surface area contributed by atoms with Crippen LogP contribution in [0.2, 0.25) is 0 Å². The van der Waals surface area contributed by atoms with Crippen LogP contribution < -0.4 is 4.74 Å². The zero-order valence-corrected chi connectivity index (χ0v) is 7.56. The van der Waals surface area contributed by atoms with Crippen LogP contribution in [0.3, 0.4) is 0 Å². The molecule has 1 aromatic carbocycles. The molecule has 1 aromatic rings. The van der Waals surface area contributed by atoms with Crippen molar-refractivity contribution < 1.29 is 14.6 Å². The van der Waals surface area contributed by atoms with Gasteiger partial charge in [-0.3, -0.25) is 4.79 Å². The molecule has 3 heteroatoms. The van der Waals surface area contributed by atoms with Crippen molar-refractivity contribution in [1.29, 1.82) is 0 Å². The molecular weight excluding hydrogens is 180 g/mol. The van der Waals surface area contributed by atoms with Gasteiger partial charge in [0.15, 0.2) is 5.78 Å². The maximum Gasteiger partial charge on any atom is 0.170 e. The topological polar surface area (TPSA) is 46.5 Å². The van der Waals surface area contributed by atoms with Crippen LogP contribution in [0.15, 0.2) is 30.9 Å². The molecule has 0 fully saturated rings. The van der Waals surface area contributed by atoms with Crippen molar-refractivity contribution in [3.05, 3.63) is 36.4 Å². The number of phenolic OH excluding ortho intramolecular Hbond substituents is 1. The summed E-state index contributed by atoms with van der Waals surface area (Å²) in [6, 6.07) is 4.50. The molecule has 0 aliphatic carbocycles. The van der Waals surface area contributed by atoms with E-state index in [1.165, 1.54) is 12.1 Å². The molecule has 1 heterocycles. The Labute approximate surface area is 81.6 Å². The van der Waals surface area contributed by atoms with E-state index in [0.29, 0.717) is 17.7 Å². The quantitative estimate of drug-likeness (QED) is 0.688. The predicted octanol–water partition coefficient (Wildman–Crippen LogP) is 1.91. The third kappa shape index (κ3) is 1.37. The molecule has 0 saturated heterocycles. The van der Waals surface area contributed by atoms with Gasteiger partial charge in [-0.1, -0.05) is 12.7 Å². The van der Waals surface area contributed by atoms with Gasteiger partial charge < -0.3 is 9.84 Å². The molecule has 72 valence electrons. The van der Waals surface area contributed by atoms with Crippen LogP contribution in [-0.2, 0) is 0 Å². The Kier molecular flexibility index (Phi) is 2.00. The van der Waals surface area contributed by atoms with Gasteiger partial charge in [0.1, 0.15) is 17.6 Å². The first kappa shape index (κ1) is 8.81. The van der Waals surface area contributed by atoms with E-state index >= 15 is 0 Å². The second-order valence-electron chi connectivity index (χ2n) is 3.20. The lowest BCUT2D eigenvalue weighted by Crippen LogP contribution is -2.24. The van der Waals surface area contributed by atoms with Crippen LogP contribution in [-0.4, -0.2) is 17.0 Å². The Hall–Kier alpha value is -1.77. The molecule has 3 nitrogen and oxygen atoms in total. The number of benzene rings is 1. The van der Waals surface area contributed by atoms with Crippen LogP contribution in [0.4, 0.5) is 0 Å². The molecule has 2 rings (SSSR count). The number of ketones is 1. The van der Waals surface area contributed by atoms with E-state index in [0.717, 1.165) is 0 Å². The molecule has 0 amide bonds. The zero-order valence-electron chi connectivity index (χ0n) is 7.56. The highest BCUT2D eigenvalue weighted by molar-refractivity contribution is 6.00. The fourth-order valence-electron chi connectivity index (χ4n) is 1.47. The number of aromatic hydroxyl groups is 1. The van der Waals surface area contributed by atoms with Crippen molar-refractivity contribution in [2.45, 2.75) is 12.5 Å². The lowest BCUT2D eigenvalue weighted by atomic mass is 10.0. The molecule has 1 aliphatic heterocycles. The smallest absolute Gasteiger partial charge is 0.170 e. The minimum absolute atomic E-state index is 0.0242. The Morgan fingerprint density at radius 1 is 1.57 bits per heavy atom. The number of hydrogen-bond acceptors (Lipinski definition) is 3. The first-order chi connectivity index (χ1) is 6.70. The zero-order chi connectivity index (χ0) is 10.1. The molecule has 1 N–H and O–H groups in total. The molecular formula is C11H10O3. The number of carbonyl (C=O) groups is 1. The molecule has 1 aliphatic rings. The number of phenols is 1. The highest BCUT2D eigenvalue weighted by Crippen LogP contribution is 2.30. The third-order valence-electron chi connectivity index (χ3n) is 2.19. The van der Waals surface area contributed by atoms with Crippen molar-refractivity contribution in [2.75, 3.05) is 0 Å². The monoisotopic (exact) mass is 190 g/mol. The molecule has 0 radical (unpaired) electrons. The maximum atomic E-state index is 11.6. The van der Waals surface area contributed by atoms with Gasteiger partial charge in [0.25, 0.3) is 0 Å². The van der Waals surface area contributed by atoms with E-state index in [9.17, 15) is 9.90 Å². The van der Waals surface area contributed by atoms with Crippen LogP contribution >= 0.6 is 0 Å². The second kappa shape index (κ2) is 3.18. The number of ether oxygens (including phenoxy) is 1. The summed E-state index contributed by atoms with van der Waals surface area (Å²) in [4.78, 5) is 11.6. The number of rotatable bonds is 1. The molecule has 0 saturated carbocycles. The van der Waals surface area contributed by atoms with Gasteiger partial charge in [-0.15, -0.1) is 0 Å². The van der Waals surface area contributed by atoms with Crippen molar-refractivity contribution in [1.82, 2.24) is 0 Å². The molecule has 1 atom stereocenters. The first-order valence-electron chi connectivity index (χ1n) is 4.36. The lowest BCUT2D eigenvalue weighted by molar-refractivity contribution is 0.0893. The summed E-state index contributed by atoms with van der Waals surface area (Å²) in [6.45, 7) is 3.57. The molecule has 0 spiro atoms. The van der Waals surface area contributed by atoms with Crippen molar-refractivity contribution in [2.24, 2.45) is 0 Å². The van der Waals surface area contributed by atoms with E-state index in [1.54, 1.807) is 12.1 Å². The van der Waals surface area contributed by atoms with Gasteiger partial charge in [0.05, 0.1) is 12.0 Å². The number of Topliss-reactive ketones (excluding diaryl/α,β-unsaturated/α-hetero) is 1. The van der Waals surface area contributed by atoms with Gasteiger partial charge >= 0.3 is 0 Å². The fraction of sp³-hybridized carbons (Fsp3) is 0.182. The van der Waals surface area contributed by atoms with Crippen molar-refractivity contribution in [3.63, 3.8) is 0 Å². The third-order valence-corrected chi connectivity index (χ3v) is 2.19. The summed E-state index contributed by atoms with van der Waals surface area (Å²) in [5.74, 6) is 0.559. The summed E-state index contributed by atoms with van der Waals surface area (Å²) in [7, 11) is 0. The standard InChI is InChI=1S/C11H10O3/c1-2-8-6-10(13)9-4-3-7(12)5-11(9)14-8/h2-5,8,12H,1,6H2. The lowest BCUT2D eigenvalue weighted by Gasteiger charge is -2.22. The van der Waals surface area contributed by atoms with Gasteiger partial charge in [-0.05, 0) is 12.1 Å². The number of fused-ring (bicyclic) bond motifs is 1. The predicted molar refractivity (Wildman–Crippen MR) is 51.7 cm³/mol. The average molecular weight is 190 g/mol. The van der Waals surface area contributed by atoms with E-state index in [-0.39, 0.29) is 17.6 Å². The SMILES string of the molecule is C=CC1CC(=O)c2ccc(O)cc2O1. The minimum Gasteiger partial charge on any atom is -0.508 e. The normalized spacial score (nSPS) is 19.7. The Balaban J connectivity index is 2.45. The summed E-state index contributed by atoms with van der Waals surface area (Å²) in [5.41, 5.74) is 0.529. The van der Waals surface area contributed by atoms with Gasteiger partial charge in [-0.2, -0.15) is 0 Å². The summed E-state index contributed by atoms with van der Waals surface area (Å²) in [6.07, 6.45) is 1.63. The Morgan fingerprint density at radius 3 is 3.07 bits per heavy atom. The van der Waals surface area contributed by atoms with Crippen LogP contribution in [0.1, 0.15) is 16.8 Å². The molecule has 1 unspecified atom stereocenters. The summed E-state index contributed by atoms with van der Waals surface area (Å²) >= 11 is 0. The average Bonchev–Trinajstić information content (AvgIpc) is 2.16. The van der Waals surface area contributed by atoms with Gasteiger partial charge in [-0.25, -0.2) is 0 Å². The highest BCUT2D eigenvalue weighted by Gasteiger charge is 2.24. The fourth-order valence-corrected chi connectivity index (χ4v) is 1.47. The van der Waals surface area contributed by atoms with Gasteiger partial charge in [0, 0.05) is 6.07 Å². The molecule has 14 heavy (non-hydrogen) atoms. The highest BCUT2D eigenvalue weighted by atomic mass is 16.5. The Bertz CT molecular complexity index is 396. The molecule has 0 aromatic heterocycles. The van der Waals surface area contributed by atoms with Crippen LogP contribution in [0, 0.1) is 0 Å². The minimum atomic E-state index is -0.281. The largest absolute Gasteiger partial charge is 0.508 e. The van der Waals surface area contributed by atoms with Crippen molar-refractivity contribution >= 4 is 5.78 Å². The van der Waals surface area contributed by atoms with Gasteiger partial charge in [0.2, 0.25) is 0 Å². The van der Waals surface area contributed by atoms with E-state index in [1.807, 2.05) is 0 Å². The number of carbonyl (C=O) groups excluding carboxylic acids is 1. The molecule has 0 bridgehead atoms. The summed E-state index contributed by atoms with van der Waals surface area (Å²) < 4.78 is 5.43. The first-order valence-corrected chi connectivity index (χ1v) is 4.36. The Morgan fingerprint density at radius 2 is 2.36 bits per heavy atom.